The molecule has 0 radical (unpaired) electrons. The maximum atomic E-state index is 6.03. The van der Waals surface area contributed by atoms with Gasteiger partial charge in [-0.05, 0) is 78.0 Å². The molecule has 0 aliphatic heterocycles. The average Bonchev–Trinajstić information content (AvgIpc) is 2.82. The van der Waals surface area contributed by atoms with Crippen molar-refractivity contribution in [3.05, 3.63) is 54.6 Å². The van der Waals surface area contributed by atoms with Crippen LogP contribution >= 0.6 is 54.8 Å². The molecule has 0 aliphatic rings. The fourth-order valence-electron chi connectivity index (χ4n) is 1.52. The molecule has 1 N–H and O–H groups in total. The molecule has 94 valence electrons. The predicted molar refractivity (Wildman–Crippen MR) is 88.9 cm³/mol. The minimum atomic E-state index is 0.727. The molecular weight excluding hydrogens is 397 g/mol. The van der Waals surface area contributed by atoms with Crippen molar-refractivity contribution in [3.8, 4) is 0 Å². The van der Waals surface area contributed by atoms with Gasteiger partial charge in [0.25, 0.3) is 0 Å². The van der Waals surface area contributed by atoms with Gasteiger partial charge in [0.15, 0.2) is 0 Å². The zero-order valence-corrected chi connectivity index (χ0v) is 14.0. The van der Waals surface area contributed by atoms with Crippen LogP contribution in [0.15, 0.2) is 38.4 Å². The number of rotatable bonds is 4. The van der Waals surface area contributed by atoms with Crippen LogP contribution in [0.25, 0.3) is 6.08 Å². The van der Waals surface area contributed by atoms with Crippen molar-refractivity contribution in [2.75, 3.05) is 5.32 Å². The Bertz CT molecular complexity index is 548. The third kappa shape index (κ3) is 4.12. The lowest BCUT2D eigenvalue weighted by atomic mass is 10.1. The van der Waals surface area contributed by atoms with Gasteiger partial charge in [0.1, 0.15) is 0 Å². The number of halogens is 3. The highest BCUT2D eigenvalue weighted by molar-refractivity contribution is 9.28. The van der Waals surface area contributed by atoms with E-state index in [1.165, 1.54) is 5.56 Å². The Balaban J connectivity index is 2.19. The molecule has 0 saturated carbocycles. The quantitative estimate of drug-likeness (QED) is 0.645. The molecule has 2 rings (SSSR count). The molecular formula is C13H10Br2ClNS. The summed E-state index contributed by atoms with van der Waals surface area (Å²) >= 11 is 14.5. The number of benzene rings is 1. The Morgan fingerprint density at radius 3 is 2.83 bits per heavy atom. The van der Waals surface area contributed by atoms with Crippen molar-refractivity contribution in [2.24, 2.45) is 0 Å². The molecule has 0 saturated heterocycles. The van der Waals surface area contributed by atoms with E-state index in [4.69, 9.17) is 11.6 Å². The first-order valence-corrected chi connectivity index (χ1v) is 8.13. The van der Waals surface area contributed by atoms with Crippen LogP contribution in [0, 0.1) is 0 Å². The summed E-state index contributed by atoms with van der Waals surface area (Å²) in [4.78, 5) is 0. The first kappa shape index (κ1) is 14.1. The van der Waals surface area contributed by atoms with Crippen molar-refractivity contribution < 1.29 is 0 Å². The average molecular weight is 408 g/mol. The van der Waals surface area contributed by atoms with Gasteiger partial charge in [-0.2, -0.15) is 11.3 Å². The van der Waals surface area contributed by atoms with Crippen LogP contribution in [-0.4, -0.2) is 0 Å². The molecule has 0 atom stereocenters. The van der Waals surface area contributed by atoms with Crippen LogP contribution in [-0.2, 0) is 6.54 Å². The minimum Gasteiger partial charge on any atom is -0.380 e. The van der Waals surface area contributed by atoms with E-state index in [9.17, 15) is 0 Å². The fraction of sp³-hybridized carbons (Fsp3) is 0.0769. The van der Waals surface area contributed by atoms with Crippen LogP contribution < -0.4 is 5.32 Å². The number of thiophene rings is 1. The molecule has 0 aliphatic carbocycles. The van der Waals surface area contributed by atoms with Crippen molar-refractivity contribution in [1.82, 2.24) is 0 Å². The van der Waals surface area contributed by atoms with Crippen LogP contribution in [0.1, 0.15) is 11.1 Å². The number of hydrogen-bond acceptors (Lipinski definition) is 2. The topological polar surface area (TPSA) is 12.0 Å². The van der Waals surface area contributed by atoms with Gasteiger partial charge in [-0.25, -0.2) is 0 Å². The smallest absolute Gasteiger partial charge is 0.0610 e. The van der Waals surface area contributed by atoms with Crippen LogP contribution in [0.2, 0.25) is 5.02 Å². The van der Waals surface area contributed by atoms with Gasteiger partial charge < -0.3 is 5.32 Å². The molecule has 1 aromatic heterocycles. The lowest BCUT2D eigenvalue weighted by molar-refractivity contribution is 1.16. The number of nitrogens with one attached hydrogen (secondary N) is 1. The zero-order valence-electron chi connectivity index (χ0n) is 9.29. The van der Waals surface area contributed by atoms with Crippen molar-refractivity contribution in [3.63, 3.8) is 0 Å². The summed E-state index contributed by atoms with van der Waals surface area (Å²) in [6.07, 6.45) is 1.99. The molecule has 0 amide bonds. The highest BCUT2D eigenvalue weighted by Crippen LogP contribution is 2.27. The van der Waals surface area contributed by atoms with Crippen molar-refractivity contribution >= 4 is 66.6 Å². The second kappa shape index (κ2) is 6.75. The minimum absolute atomic E-state index is 0.727. The highest BCUT2D eigenvalue weighted by Gasteiger charge is 2.02. The Morgan fingerprint density at radius 2 is 2.17 bits per heavy atom. The molecule has 5 heteroatoms. The molecule has 1 heterocycles. The maximum Gasteiger partial charge on any atom is 0.0610 e. The predicted octanol–water partition coefficient (Wildman–Crippen LogP) is 6.10. The first-order valence-electron chi connectivity index (χ1n) is 5.22. The van der Waals surface area contributed by atoms with Crippen molar-refractivity contribution in [1.29, 1.82) is 0 Å². The second-order valence-electron chi connectivity index (χ2n) is 3.65. The summed E-state index contributed by atoms with van der Waals surface area (Å²) in [5.74, 6) is 0. The van der Waals surface area contributed by atoms with E-state index >= 15 is 0 Å². The molecule has 1 aromatic carbocycles. The summed E-state index contributed by atoms with van der Waals surface area (Å²) in [6, 6.07) is 7.91. The Hall–Kier alpha value is -0.290. The monoisotopic (exact) mass is 405 g/mol. The Labute approximate surface area is 132 Å². The second-order valence-corrected chi connectivity index (χ2v) is 7.64. The van der Waals surface area contributed by atoms with E-state index in [1.54, 1.807) is 11.3 Å². The van der Waals surface area contributed by atoms with Gasteiger partial charge in [0, 0.05) is 17.3 Å². The third-order valence-electron chi connectivity index (χ3n) is 2.34. The molecule has 1 nitrogen and oxygen atoms in total. The van der Waals surface area contributed by atoms with Gasteiger partial charge >= 0.3 is 0 Å². The highest BCUT2D eigenvalue weighted by atomic mass is 79.9. The third-order valence-corrected chi connectivity index (χ3v) is 3.77. The van der Waals surface area contributed by atoms with E-state index in [-0.39, 0.29) is 0 Å². The number of anilines is 1. The molecule has 18 heavy (non-hydrogen) atoms. The zero-order chi connectivity index (χ0) is 13.0. The van der Waals surface area contributed by atoms with E-state index in [1.807, 2.05) is 24.3 Å². The standard InChI is InChI=1S/C13H10Br2ClNS/c14-13(15)5-10-1-2-11(16)6-12(10)17-7-9-3-4-18-8-9/h1-6,8,17H,7H2. The van der Waals surface area contributed by atoms with E-state index < -0.39 is 0 Å². The molecule has 0 spiro atoms. The van der Waals surface area contributed by atoms with Gasteiger partial charge in [0.2, 0.25) is 0 Å². The summed E-state index contributed by atoms with van der Waals surface area (Å²) in [6.45, 7) is 0.796. The molecule has 0 unspecified atom stereocenters. The first-order chi connectivity index (χ1) is 8.65. The fourth-order valence-corrected chi connectivity index (χ4v) is 2.85. The van der Waals surface area contributed by atoms with Crippen LogP contribution in [0.3, 0.4) is 0 Å². The van der Waals surface area contributed by atoms with E-state index in [0.717, 1.165) is 26.2 Å². The maximum absolute atomic E-state index is 6.03. The van der Waals surface area contributed by atoms with Gasteiger partial charge in [-0.1, -0.05) is 17.7 Å². The Kier molecular flexibility index (Phi) is 5.30. The SMILES string of the molecule is Clc1ccc(C=C(Br)Br)c(NCc2ccsc2)c1. The van der Waals surface area contributed by atoms with Crippen LogP contribution in [0.5, 0.6) is 0 Å². The molecule has 0 bridgehead atoms. The number of hydrogen-bond donors (Lipinski definition) is 1. The van der Waals surface area contributed by atoms with Crippen molar-refractivity contribution in [2.45, 2.75) is 6.54 Å². The largest absolute Gasteiger partial charge is 0.380 e. The van der Waals surface area contributed by atoms with Gasteiger partial charge in [-0.15, -0.1) is 0 Å². The van der Waals surface area contributed by atoms with Crippen LogP contribution in [0.4, 0.5) is 5.69 Å². The van der Waals surface area contributed by atoms with E-state index in [2.05, 4.69) is 54.0 Å². The summed E-state index contributed by atoms with van der Waals surface area (Å²) < 4.78 is 0.899. The summed E-state index contributed by atoms with van der Waals surface area (Å²) in [7, 11) is 0. The lowest BCUT2D eigenvalue weighted by Gasteiger charge is -2.09. The van der Waals surface area contributed by atoms with Gasteiger partial charge in [-0.3, -0.25) is 0 Å². The summed E-state index contributed by atoms with van der Waals surface area (Å²) in [5.41, 5.74) is 3.37. The molecule has 0 fully saturated rings. The normalized spacial score (nSPS) is 10.2. The summed E-state index contributed by atoms with van der Waals surface area (Å²) in [5, 5.41) is 8.33. The van der Waals surface area contributed by atoms with E-state index in [0.29, 0.717) is 0 Å². The molecule has 2 aromatic rings. The Morgan fingerprint density at radius 1 is 1.33 bits per heavy atom. The lowest BCUT2D eigenvalue weighted by Crippen LogP contribution is -1.99. The van der Waals surface area contributed by atoms with Gasteiger partial charge in [0.05, 0.1) is 3.39 Å².